The molecule has 0 aliphatic rings. The molecular formula is C23H30O5. The van der Waals surface area contributed by atoms with Gasteiger partial charge in [-0.1, -0.05) is 25.0 Å². The number of carboxylic acid groups (broad SMARTS) is 1. The highest BCUT2D eigenvalue weighted by molar-refractivity contribution is 5.89. The van der Waals surface area contributed by atoms with Gasteiger partial charge in [0.05, 0.1) is 26.9 Å². The minimum Gasteiger partial charge on any atom is -0.493 e. The van der Waals surface area contributed by atoms with E-state index >= 15 is 0 Å². The summed E-state index contributed by atoms with van der Waals surface area (Å²) >= 11 is 0. The van der Waals surface area contributed by atoms with Crippen LogP contribution >= 0.6 is 0 Å². The average Bonchev–Trinajstić information content (AvgIpc) is 2.69. The van der Waals surface area contributed by atoms with E-state index in [0.29, 0.717) is 22.8 Å². The molecule has 0 aromatic heterocycles. The van der Waals surface area contributed by atoms with Crippen molar-refractivity contribution in [3.63, 3.8) is 0 Å². The molecule has 0 spiro atoms. The Morgan fingerprint density at radius 2 is 1.39 bits per heavy atom. The summed E-state index contributed by atoms with van der Waals surface area (Å²) in [6.07, 6.45) is 6.41. The number of carboxylic acids is 1. The van der Waals surface area contributed by atoms with Crippen molar-refractivity contribution < 1.29 is 24.1 Å². The van der Waals surface area contributed by atoms with Gasteiger partial charge in [0.25, 0.3) is 0 Å². The van der Waals surface area contributed by atoms with Gasteiger partial charge in [-0.05, 0) is 67.5 Å². The van der Waals surface area contributed by atoms with Crippen LogP contribution in [0.4, 0.5) is 0 Å². The highest BCUT2D eigenvalue weighted by Crippen LogP contribution is 2.38. The Hall–Kier alpha value is -2.69. The third-order valence-corrected chi connectivity index (χ3v) is 4.93. The molecule has 0 radical (unpaired) electrons. The minimum atomic E-state index is -0.865. The van der Waals surface area contributed by atoms with Crippen LogP contribution in [-0.2, 0) is 12.8 Å². The van der Waals surface area contributed by atoms with E-state index in [9.17, 15) is 4.79 Å². The molecule has 2 rings (SSSR count). The lowest BCUT2D eigenvalue weighted by atomic mass is 10.00. The molecule has 2 aromatic rings. The Morgan fingerprint density at radius 3 is 1.86 bits per heavy atom. The molecule has 5 nitrogen and oxygen atoms in total. The van der Waals surface area contributed by atoms with Gasteiger partial charge in [0.2, 0.25) is 5.75 Å². The Bertz CT molecular complexity index is 773. The van der Waals surface area contributed by atoms with E-state index < -0.39 is 5.97 Å². The van der Waals surface area contributed by atoms with Crippen LogP contribution < -0.4 is 14.2 Å². The Morgan fingerprint density at radius 1 is 0.821 bits per heavy atom. The highest BCUT2D eigenvalue weighted by Gasteiger charge is 2.13. The summed E-state index contributed by atoms with van der Waals surface area (Å²) in [6.45, 7) is 1.85. The number of rotatable bonds is 11. The molecule has 0 heterocycles. The van der Waals surface area contributed by atoms with E-state index in [2.05, 4.69) is 0 Å². The first-order valence-electron chi connectivity index (χ1n) is 9.61. The van der Waals surface area contributed by atoms with E-state index in [0.717, 1.165) is 44.1 Å². The number of hydrogen-bond donors (Lipinski definition) is 1. The van der Waals surface area contributed by atoms with Gasteiger partial charge in [0.15, 0.2) is 11.5 Å². The fourth-order valence-corrected chi connectivity index (χ4v) is 3.41. The van der Waals surface area contributed by atoms with Gasteiger partial charge < -0.3 is 19.3 Å². The number of unbranched alkanes of at least 4 members (excludes halogenated alkanes) is 3. The van der Waals surface area contributed by atoms with Crippen molar-refractivity contribution in [3.8, 4) is 17.2 Å². The lowest BCUT2D eigenvalue weighted by Crippen LogP contribution is -2.00. The van der Waals surface area contributed by atoms with Crippen LogP contribution in [0.15, 0.2) is 30.3 Å². The molecule has 0 amide bonds. The number of methoxy groups -OCH3 is 3. The number of aromatic carboxylic acids is 1. The van der Waals surface area contributed by atoms with Crippen LogP contribution in [0.3, 0.4) is 0 Å². The van der Waals surface area contributed by atoms with E-state index in [1.54, 1.807) is 27.4 Å². The maximum absolute atomic E-state index is 11.1. The lowest BCUT2D eigenvalue weighted by Gasteiger charge is -2.14. The maximum Gasteiger partial charge on any atom is 0.335 e. The van der Waals surface area contributed by atoms with Crippen LogP contribution in [0.1, 0.15) is 52.7 Å². The first-order chi connectivity index (χ1) is 13.5. The van der Waals surface area contributed by atoms with Crippen molar-refractivity contribution in [2.45, 2.75) is 45.4 Å². The summed E-state index contributed by atoms with van der Waals surface area (Å²) in [6, 6.07) is 9.63. The largest absolute Gasteiger partial charge is 0.493 e. The zero-order valence-electron chi connectivity index (χ0n) is 17.2. The van der Waals surface area contributed by atoms with Crippen molar-refractivity contribution >= 4 is 5.97 Å². The fraction of sp³-hybridized carbons (Fsp3) is 0.435. The number of ether oxygens (including phenoxy) is 3. The SMILES string of the molecule is COc1cc(CCCCCCc2ccc(C(=O)O)c(C)c2)cc(OC)c1OC. The predicted molar refractivity (Wildman–Crippen MR) is 110 cm³/mol. The van der Waals surface area contributed by atoms with Crippen molar-refractivity contribution in [2.24, 2.45) is 0 Å². The smallest absolute Gasteiger partial charge is 0.335 e. The van der Waals surface area contributed by atoms with Crippen molar-refractivity contribution in [3.05, 3.63) is 52.6 Å². The third kappa shape index (κ3) is 5.65. The van der Waals surface area contributed by atoms with Gasteiger partial charge in [0, 0.05) is 0 Å². The van der Waals surface area contributed by atoms with E-state index in [1.807, 2.05) is 31.2 Å². The summed E-state index contributed by atoms with van der Waals surface area (Å²) in [7, 11) is 4.87. The maximum atomic E-state index is 11.1. The topological polar surface area (TPSA) is 65.0 Å². The Balaban J connectivity index is 1.79. The molecule has 0 atom stereocenters. The van der Waals surface area contributed by atoms with Crippen molar-refractivity contribution in [2.75, 3.05) is 21.3 Å². The number of hydrogen-bond acceptors (Lipinski definition) is 4. The molecule has 0 saturated carbocycles. The van der Waals surface area contributed by atoms with E-state index in [-0.39, 0.29) is 0 Å². The minimum absolute atomic E-state index is 0.383. The average molecular weight is 386 g/mol. The molecule has 152 valence electrons. The molecule has 5 heteroatoms. The lowest BCUT2D eigenvalue weighted by molar-refractivity contribution is 0.0696. The van der Waals surface area contributed by atoms with Gasteiger partial charge >= 0.3 is 5.97 Å². The predicted octanol–water partition coefficient (Wildman–Crippen LogP) is 5.06. The summed E-state index contributed by atoms with van der Waals surface area (Å²) in [5.74, 6) is 1.14. The number of aryl methyl sites for hydroxylation is 3. The van der Waals surface area contributed by atoms with Gasteiger partial charge in [-0.3, -0.25) is 0 Å². The zero-order chi connectivity index (χ0) is 20.5. The standard InChI is InChI=1S/C23H30O5/c1-16-13-17(11-12-19(16)23(24)25)9-7-5-6-8-10-18-14-20(26-2)22(28-4)21(15-18)27-3/h11-15H,5-10H2,1-4H3,(H,24,25). The van der Waals surface area contributed by atoms with Crippen LogP contribution in [0.2, 0.25) is 0 Å². The highest BCUT2D eigenvalue weighted by atomic mass is 16.5. The first-order valence-corrected chi connectivity index (χ1v) is 9.61. The molecule has 0 unspecified atom stereocenters. The van der Waals surface area contributed by atoms with Crippen LogP contribution in [0, 0.1) is 6.92 Å². The summed E-state index contributed by atoms with van der Waals surface area (Å²) < 4.78 is 16.2. The molecule has 0 saturated heterocycles. The van der Waals surface area contributed by atoms with Crippen LogP contribution in [-0.4, -0.2) is 32.4 Å². The van der Waals surface area contributed by atoms with Crippen molar-refractivity contribution in [1.82, 2.24) is 0 Å². The second-order valence-electron chi connectivity index (χ2n) is 6.90. The third-order valence-electron chi connectivity index (χ3n) is 4.93. The molecule has 0 fully saturated rings. The number of carbonyl (C=O) groups is 1. The molecule has 0 bridgehead atoms. The Kier molecular flexibility index (Phi) is 8.18. The summed E-state index contributed by atoms with van der Waals surface area (Å²) in [4.78, 5) is 11.1. The van der Waals surface area contributed by atoms with Crippen LogP contribution in [0.5, 0.6) is 17.2 Å². The number of benzene rings is 2. The molecule has 0 aliphatic heterocycles. The zero-order valence-corrected chi connectivity index (χ0v) is 17.2. The summed E-state index contributed by atoms with van der Waals surface area (Å²) in [5, 5.41) is 9.10. The van der Waals surface area contributed by atoms with Crippen molar-refractivity contribution in [1.29, 1.82) is 0 Å². The molecule has 28 heavy (non-hydrogen) atoms. The molecule has 1 N–H and O–H groups in total. The first kappa shape index (κ1) is 21.6. The Labute approximate surface area is 167 Å². The second-order valence-corrected chi connectivity index (χ2v) is 6.90. The summed E-state index contributed by atoms with van der Waals surface area (Å²) in [5.41, 5.74) is 3.59. The second kappa shape index (κ2) is 10.6. The van der Waals surface area contributed by atoms with Gasteiger partial charge in [-0.15, -0.1) is 0 Å². The van der Waals surface area contributed by atoms with Gasteiger partial charge in [-0.2, -0.15) is 0 Å². The molecule has 0 aliphatic carbocycles. The van der Waals surface area contributed by atoms with E-state index in [1.165, 1.54) is 11.1 Å². The quantitative estimate of drug-likeness (QED) is 0.547. The van der Waals surface area contributed by atoms with Gasteiger partial charge in [-0.25, -0.2) is 4.79 Å². The fourth-order valence-electron chi connectivity index (χ4n) is 3.41. The van der Waals surface area contributed by atoms with E-state index in [4.69, 9.17) is 19.3 Å². The molecule has 2 aromatic carbocycles. The monoisotopic (exact) mass is 386 g/mol. The normalized spacial score (nSPS) is 10.6. The molecular weight excluding hydrogens is 356 g/mol. The van der Waals surface area contributed by atoms with Crippen LogP contribution in [0.25, 0.3) is 0 Å². The van der Waals surface area contributed by atoms with Gasteiger partial charge in [0.1, 0.15) is 0 Å².